The van der Waals surface area contributed by atoms with Crippen LogP contribution in [-0.2, 0) is 16.1 Å². The minimum absolute atomic E-state index is 0.0136. The highest BCUT2D eigenvalue weighted by atomic mass is 16.2. The molecule has 0 aliphatic rings. The lowest BCUT2D eigenvalue weighted by Gasteiger charge is -2.24. The van der Waals surface area contributed by atoms with Crippen LogP contribution in [0.15, 0.2) is 67.1 Å². The van der Waals surface area contributed by atoms with Crippen LogP contribution in [0.3, 0.4) is 0 Å². The minimum atomic E-state index is -0.346. The quantitative estimate of drug-likeness (QED) is 0.535. The Morgan fingerprint density at radius 3 is 2.52 bits per heavy atom. The van der Waals surface area contributed by atoms with Gasteiger partial charge in [-0.15, -0.1) is 0 Å². The molecule has 2 amide bonds. The van der Waals surface area contributed by atoms with E-state index >= 15 is 0 Å². The van der Waals surface area contributed by atoms with Gasteiger partial charge in [0.2, 0.25) is 11.8 Å². The van der Waals surface area contributed by atoms with Gasteiger partial charge in [0.15, 0.2) is 0 Å². The second kappa shape index (κ2) is 10.7. The van der Waals surface area contributed by atoms with E-state index in [1.807, 2.05) is 81.0 Å². The number of carbonyl (C=O) groups excluding carboxylic acids is 2. The number of benzene rings is 1. The molecule has 0 radical (unpaired) electrons. The van der Waals surface area contributed by atoms with Gasteiger partial charge in [-0.1, -0.05) is 30.3 Å². The van der Waals surface area contributed by atoms with Gasteiger partial charge in [-0.3, -0.25) is 19.3 Å². The molecule has 0 saturated heterocycles. The summed E-state index contributed by atoms with van der Waals surface area (Å²) in [4.78, 5) is 30.8. The van der Waals surface area contributed by atoms with Crippen molar-refractivity contribution in [1.29, 1.82) is 0 Å². The van der Waals surface area contributed by atoms with E-state index in [0.717, 1.165) is 22.4 Å². The average Bonchev–Trinajstić information content (AvgIpc) is 3.18. The number of rotatable bonds is 8. The number of nitrogens with zero attached hydrogens (tertiary/aromatic N) is 4. The SMILES string of the molecule is CCN(CC(=O)NC(C)(C)C)C(=O)C=Cc1cn(Cc2ccccc2)nc1-c1cccnc1. The molecule has 0 unspecified atom stereocenters. The highest BCUT2D eigenvalue weighted by Crippen LogP contribution is 2.23. The monoisotopic (exact) mass is 445 g/mol. The van der Waals surface area contributed by atoms with E-state index in [9.17, 15) is 9.59 Å². The molecular weight excluding hydrogens is 414 g/mol. The fourth-order valence-electron chi connectivity index (χ4n) is 3.38. The Bertz CT molecular complexity index is 1100. The molecule has 1 aromatic carbocycles. The molecule has 2 heterocycles. The number of hydrogen-bond donors (Lipinski definition) is 1. The molecule has 0 saturated carbocycles. The van der Waals surface area contributed by atoms with Crippen molar-refractivity contribution in [3.8, 4) is 11.3 Å². The largest absolute Gasteiger partial charge is 0.350 e. The van der Waals surface area contributed by atoms with E-state index in [2.05, 4.69) is 10.3 Å². The number of aromatic nitrogens is 3. The summed E-state index contributed by atoms with van der Waals surface area (Å²) in [6.45, 7) is 8.66. The van der Waals surface area contributed by atoms with E-state index in [1.54, 1.807) is 18.5 Å². The van der Waals surface area contributed by atoms with Crippen LogP contribution in [0.1, 0.15) is 38.8 Å². The first-order valence-corrected chi connectivity index (χ1v) is 11.0. The van der Waals surface area contributed by atoms with Crippen molar-refractivity contribution in [1.82, 2.24) is 25.0 Å². The van der Waals surface area contributed by atoms with Crippen LogP contribution in [-0.4, -0.2) is 50.1 Å². The second-order valence-electron chi connectivity index (χ2n) is 8.84. The van der Waals surface area contributed by atoms with Gasteiger partial charge in [0, 0.05) is 47.9 Å². The zero-order valence-corrected chi connectivity index (χ0v) is 19.7. The lowest BCUT2D eigenvalue weighted by molar-refractivity contribution is -0.132. The Labute approximate surface area is 195 Å². The number of likely N-dealkylation sites (N-methyl/N-ethyl adjacent to an activating group) is 1. The van der Waals surface area contributed by atoms with E-state index in [1.165, 1.54) is 11.0 Å². The molecule has 0 aliphatic carbocycles. The van der Waals surface area contributed by atoms with Crippen LogP contribution in [0.4, 0.5) is 0 Å². The summed E-state index contributed by atoms with van der Waals surface area (Å²) < 4.78 is 1.86. The molecule has 0 aliphatic heterocycles. The van der Waals surface area contributed by atoms with Crippen LogP contribution in [0.2, 0.25) is 0 Å². The maximum Gasteiger partial charge on any atom is 0.247 e. The van der Waals surface area contributed by atoms with Gasteiger partial charge >= 0.3 is 0 Å². The van der Waals surface area contributed by atoms with Crippen molar-refractivity contribution in [3.63, 3.8) is 0 Å². The van der Waals surface area contributed by atoms with Crippen molar-refractivity contribution in [2.24, 2.45) is 0 Å². The van der Waals surface area contributed by atoms with Crippen molar-refractivity contribution < 1.29 is 9.59 Å². The number of nitrogens with one attached hydrogen (secondary N) is 1. The zero-order chi connectivity index (χ0) is 23.8. The van der Waals surface area contributed by atoms with E-state index in [-0.39, 0.29) is 23.9 Å². The van der Waals surface area contributed by atoms with Crippen LogP contribution < -0.4 is 5.32 Å². The van der Waals surface area contributed by atoms with Gasteiger partial charge < -0.3 is 10.2 Å². The summed E-state index contributed by atoms with van der Waals surface area (Å²) in [7, 11) is 0. The Morgan fingerprint density at radius 1 is 1.12 bits per heavy atom. The van der Waals surface area contributed by atoms with Gasteiger partial charge in [0.1, 0.15) is 5.69 Å². The molecule has 3 aromatic rings. The van der Waals surface area contributed by atoms with Gasteiger partial charge in [-0.2, -0.15) is 5.10 Å². The van der Waals surface area contributed by atoms with E-state index in [0.29, 0.717) is 13.1 Å². The molecule has 0 spiro atoms. The standard InChI is InChI=1S/C26H31N5O2/c1-5-30(19-23(32)28-26(2,3)4)24(33)14-13-22-18-31(17-20-10-7-6-8-11-20)29-25(22)21-12-9-15-27-16-21/h6-16,18H,5,17,19H2,1-4H3,(H,28,32). The third kappa shape index (κ3) is 7.14. The molecule has 0 fully saturated rings. The summed E-state index contributed by atoms with van der Waals surface area (Å²) >= 11 is 0. The molecule has 0 atom stereocenters. The molecule has 1 N–H and O–H groups in total. The van der Waals surface area contributed by atoms with Crippen molar-refractivity contribution in [3.05, 3.63) is 78.3 Å². The molecule has 2 aromatic heterocycles. The molecule has 33 heavy (non-hydrogen) atoms. The summed E-state index contributed by atoms with van der Waals surface area (Å²) in [6.07, 6.45) is 8.64. The zero-order valence-electron chi connectivity index (χ0n) is 19.7. The lowest BCUT2D eigenvalue weighted by Crippen LogP contribution is -2.47. The van der Waals surface area contributed by atoms with Gasteiger partial charge in [-0.05, 0) is 51.5 Å². The third-order valence-electron chi connectivity index (χ3n) is 4.86. The van der Waals surface area contributed by atoms with E-state index in [4.69, 9.17) is 5.10 Å². The summed E-state index contributed by atoms with van der Waals surface area (Å²) in [5, 5.41) is 7.64. The van der Waals surface area contributed by atoms with Crippen LogP contribution in [0.5, 0.6) is 0 Å². The van der Waals surface area contributed by atoms with Gasteiger partial charge in [-0.25, -0.2) is 0 Å². The molecule has 0 bridgehead atoms. The molecule has 3 rings (SSSR count). The van der Waals surface area contributed by atoms with E-state index < -0.39 is 0 Å². The van der Waals surface area contributed by atoms with Crippen LogP contribution >= 0.6 is 0 Å². The topological polar surface area (TPSA) is 80.1 Å². The molecule has 172 valence electrons. The number of carbonyl (C=O) groups is 2. The highest BCUT2D eigenvalue weighted by molar-refractivity contribution is 5.95. The lowest BCUT2D eigenvalue weighted by atomic mass is 10.1. The van der Waals surface area contributed by atoms with Gasteiger partial charge in [0.25, 0.3) is 0 Å². The fraction of sp³-hybridized carbons (Fsp3) is 0.308. The maximum atomic E-state index is 12.8. The van der Waals surface area contributed by atoms with Crippen LogP contribution in [0, 0.1) is 0 Å². The first-order valence-electron chi connectivity index (χ1n) is 11.0. The Kier molecular flexibility index (Phi) is 7.77. The van der Waals surface area contributed by atoms with Gasteiger partial charge in [0.05, 0.1) is 13.1 Å². The molecular formula is C26H31N5O2. The Hall–Kier alpha value is -3.74. The number of hydrogen-bond acceptors (Lipinski definition) is 4. The van der Waals surface area contributed by atoms with Crippen LogP contribution in [0.25, 0.3) is 17.3 Å². The number of amides is 2. The van der Waals surface area contributed by atoms with Crippen molar-refractivity contribution in [2.75, 3.05) is 13.1 Å². The Morgan fingerprint density at radius 2 is 1.88 bits per heavy atom. The third-order valence-corrected chi connectivity index (χ3v) is 4.86. The smallest absolute Gasteiger partial charge is 0.247 e. The first kappa shape index (κ1) is 23.9. The molecule has 7 nitrogen and oxygen atoms in total. The summed E-state index contributed by atoms with van der Waals surface area (Å²) in [5.74, 6) is -0.410. The predicted octanol–water partition coefficient (Wildman–Crippen LogP) is 3.77. The summed E-state index contributed by atoms with van der Waals surface area (Å²) in [5.41, 5.74) is 3.21. The highest BCUT2D eigenvalue weighted by Gasteiger charge is 2.18. The first-order chi connectivity index (χ1) is 15.7. The predicted molar refractivity (Wildman–Crippen MR) is 130 cm³/mol. The fourth-order valence-corrected chi connectivity index (χ4v) is 3.38. The van der Waals surface area contributed by atoms with Crippen molar-refractivity contribution >= 4 is 17.9 Å². The normalized spacial score (nSPS) is 11.5. The maximum absolute atomic E-state index is 12.8. The Balaban J connectivity index is 1.81. The minimum Gasteiger partial charge on any atom is -0.350 e. The second-order valence-corrected chi connectivity index (χ2v) is 8.84. The number of pyridine rings is 1. The van der Waals surface area contributed by atoms with Crippen molar-refractivity contribution in [2.45, 2.75) is 39.8 Å². The summed E-state index contributed by atoms with van der Waals surface area (Å²) in [6, 6.07) is 13.9. The average molecular weight is 446 g/mol. The molecule has 7 heteroatoms.